The Bertz CT molecular complexity index is 844. The van der Waals surface area contributed by atoms with Crippen LogP contribution in [0.1, 0.15) is 35.7 Å². The second-order valence-corrected chi connectivity index (χ2v) is 6.56. The maximum atomic E-state index is 5.57. The summed E-state index contributed by atoms with van der Waals surface area (Å²) in [6.07, 6.45) is 4.24. The fourth-order valence-corrected chi connectivity index (χ4v) is 3.20. The highest BCUT2D eigenvalue weighted by Crippen LogP contribution is 2.28. The van der Waals surface area contributed by atoms with Crippen molar-refractivity contribution in [2.75, 3.05) is 19.7 Å². The van der Waals surface area contributed by atoms with Crippen LogP contribution in [0.25, 0.3) is 0 Å². The third-order valence-electron chi connectivity index (χ3n) is 4.49. The molecule has 1 saturated heterocycles. The third-order valence-corrected chi connectivity index (χ3v) is 4.49. The van der Waals surface area contributed by atoms with Crippen molar-refractivity contribution in [1.82, 2.24) is 20.0 Å². The van der Waals surface area contributed by atoms with Gasteiger partial charge in [-0.25, -0.2) is 0 Å². The lowest BCUT2D eigenvalue weighted by molar-refractivity contribution is 0.117. The van der Waals surface area contributed by atoms with E-state index < -0.39 is 0 Å². The van der Waals surface area contributed by atoms with Crippen molar-refractivity contribution in [3.63, 3.8) is 0 Å². The summed E-state index contributed by atoms with van der Waals surface area (Å²) in [4.78, 5) is 11.0. The van der Waals surface area contributed by atoms with Crippen LogP contribution in [0.15, 0.2) is 53.3 Å². The molecular weight excluding hydrogens is 328 g/mol. The van der Waals surface area contributed by atoms with E-state index in [4.69, 9.17) is 9.26 Å². The summed E-state index contributed by atoms with van der Waals surface area (Å²) in [5.41, 5.74) is 2.35. The van der Waals surface area contributed by atoms with Crippen molar-refractivity contribution < 1.29 is 9.26 Å². The number of hydrogen-bond donors (Lipinski definition) is 0. The minimum atomic E-state index is 0.320. The van der Waals surface area contributed by atoms with E-state index in [9.17, 15) is 0 Å². The SMILES string of the molecule is CCOc1cccc(CN2CC(c3nc(Cc4cccnc4)no3)C2)c1. The van der Waals surface area contributed by atoms with Crippen molar-refractivity contribution >= 4 is 0 Å². The van der Waals surface area contributed by atoms with E-state index in [2.05, 4.69) is 32.2 Å². The quantitative estimate of drug-likeness (QED) is 0.652. The van der Waals surface area contributed by atoms with Crippen LogP contribution in [0.3, 0.4) is 0 Å². The molecule has 2 aromatic heterocycles. The molecule has 0 aliphatic carbocycles. The zero-order chi connectivity index (χ0) is 17.8. The number of aromatic nitrogens is 3. The Hall–Kier alpha value is -2.73. The van der Waals surface area contributed by atoms with Crippen LogP contribution < -0.4 is 4.74 Å². The molecule has 3 aromatic rings. The van der Waals surface area contributed by atoms with E-state index in [-0.39, 0.29) is 0 Å². The Morgan fingerprint density at radius 3 is 2.88 bits per heavy atom. The minimum Gasteiger partial charge on any atom is -0.494 e. The first-order valence-corrected chi connectivity index (χ1v) is 8.95. The zero-order valence-corrected chi connectivity index (χ0v) is 14.8. The molecule has 134 valence electrons. The lowest BCUT2D eigenvalue weighted by Gasteiger charge is -2.37. The molecule has 6 heteroatoms. The average Bonchev–Trinajstić information content (AvgIpc) is 3.07. The van der Waals surface area contributed by atoms with Gasteiger partial charge < -0.3 is 9.26 Å². The fourth-order valence-electron chi connectivity index (χ4n) is 3.20. The Labute approximate surface area is 152 Å². The van der Waals surface area contributed by atoms with Gasteiger partial charge in [-0.3, -0.25) is 9.88 Å². The molecule has 1 fully saturated rings. The van der Waals surface area contributed by atoms with Gasteiger partial charge in [-0.05, 0) is 36.2 Å². The Morgan fingerprint density at radius 1 is 1.19 bits per heavy atom. The van der Waals surface area contributed by atoms with Crippen LogP contribution in [0.5, 0.6) is 5.75 Å². The van der Waals surface area contributed by atoms with Crippen LogP contribution in [-0.2, 0) is 13.0 Å². The first-order chi connectivity index (χ1) is 12.8. The molecule has 0 N–H and O–H groups in total. The minimum absolute atomic E-state index is 0.320. The van der Waals surface area contributed by atoms with Gasteiger partial charge in [0.1, 0.15) is 5.75 Å². The van der Waals surface area contributed by atoms with Gasteiger partial charge in [-0.1, -0.05) is 23.4 Å². The smallest absolute Gasteiger partial charge is 0.232 e. The van der Waals surface area contributed by atoms with E-state index in [1.54, 1.807) is 6.20 Å². The second-order valence-electron chi connectivity index (χ2n) is 6.56. The van der Waals surface area contributed by atoms with E-state index >= 15 is 0 Å². The predicted molar refractivity (Wildman–Crippen MR) is 97.0 cm³/mol. The van der Waals surface area contributed by atoms with Crippen molar-refractivity contribution in [3.8, 4) is 5.75 Å². The number of nitrogens with zero attached hydrogens (tertiary/aromatic N) is 4. The monoisotopic (exact) mass is 350 g/mol. The summed E-state index contributed by atoms with van der Waals surface area (Å²) >= 11 is 0. The van der Waals surface area contributed by atoms with E-state index in [1.165, 1.54) is 5.56 Å². The van der Waals surface area contributed by atoms with Crippen molar-refractivity contribution in [2.24, 2.45) is 0 Å². The summed E-state index contributed by atoms with van der Waals surface area (Å²) in [5.74, 6) is 2.71. The highest BCUT2D eigenvalue weighted by atomic mass is 16.5. The maximum Gasteiger partial charge on any atom is 0.232 e. The summed E-state index contributed by atoms with van der Waals surface area (Å²) < 4.78 is 11.0. The van der Waals surface area contributed by atoms with Gasteiger partial charge in [0.15, 0.2) is 5.82 Å². The van der Waals surface area contributed by atoms with Crippen LogP contribution in [-0.4, -0.2) is 39.7 Å². The molecule has 0 bridgehead atoms. The van der Waals surface area contributed by atoms with E-state index in [0.29, 0.717) is 18.9 Å². The van der Waals surface area contributed by atoms with Crippen molar-refractivity contribution in [2.45, 2.75) is 25.8 Å². The maximum absolute atomic E-state index is 5.57. The lowest BCUT2D eigenvalue weighted by Crippen LogP contribution is -2.44. The molecule has 0 unspecified atom stereocenters. The van der Waals surface area contributed by atoms with Crippen LogP contribution in [0.4, 0.5) is 0 Å². The predicted octanol–water partition coefficient (Wildman–Crippen LogP) is 3.05. The van der Waals surface area contributed by atoms with Gasteiger partial charge in [0, 0.05) is 38.4 Å². The zero-order valence-electron chi connectivity index (χ0n) is 14.8. The number of hydrogen-bond acceptors (Lipinski definition) is 6. The molecule has 0 spiro atoms. The topological polar surface area (TPSA) is 64.3 Å². The fraction of sp³-hybridized carbons (Fsp3) is 0.350. The molecule has 26 heavy (non-hydrogen) atoms. The standard InChI is InChI=1S/C20H22N4O2/c1-2-25-18-7-3-5-16(9-18)12-24-13-17(14-24)20-22-19(23-26-20)10-15-6-4-8-21-11-15/h3-9,11,17H,2,10,12-14H2,1H3. The molecule has 1 aliphatic rings. The number of ether oxygens (including phenoxy) is 1. The van der Waals surface area contributed by atoms with Crippen LogP contribution in [0, 0.1) is 0 Å². The van der Waals surface area contributed by atoms with Crippen LogP contribution in [0.2, 0.25) is 0 Å². The first kappa shape index (κ1) is 16.7. The molecule has 1 aromatic carbocycles. The molecule has 0 atom stereocenters. The Morgan fingerprint density at radius 2 is 2.08 bits per heavy atom. The van der Waals surface area contributed by atoms with Crippen molar-refractivity contribution in [1.29, 1.82) is 0 Å². The molecule has 0 amide bonds. The molecule has 4 rings (SSSR count). The van der Waals surface area contributed by atoms with Gasteiger partial charge in [0.25, 0.3) is 0 Å². The molecule has 6 nitrogen and oxygen atoms in total. The van der Waals surface area contributed by atoms with Gasteiger partial charge in [0.2, 0.25) is 5.89 Å². The summed E-state index contributed by atoms with van der Waals surface area (Å²) in [6.45, 7) is 5.47. The molecule has 0 radical (unpaired) electrons. The van der Waals surface area contributed by atoms with Gasteiger partial charge in [-0.2, -0.15) is 4.98 Å². The first-order valence-electron chi connectivity index (χ1n) is 8.95. The summed E-state index contributed by atoms with van der Waals surface area (Å²) in [7, 11) is 0. The number of benzene rings is 1. The largest absolute Gasteiger partial charge is 0.494 e. The van der Waals surface area contributed by atoms with Gasteiger partial charge in [0.05, 0.1) is 12.5 Å². The van der Waals surface area contributed by atoms with Crippen LogP contribution >= 0.6 is 0 Å². The number of likely N-dealkylation sites (tertiary alicyclic amines) is 1. The summed E-state index contributed by atoms with van der Waals surface area (Å²) in [6, 6.07) is 12.2. The highest BCUT2D eigenvalue weighted by Gasteiger charge is 2.32. The molecular formula is C20H22N4O2. The number of rotatable bonds is 7. The van der Waals surface area contributed by atoms with Gasteiger partial charge >= 0.3 is 0 Å². The highest BCUT2D eigenvalue weighted by molar-refractivity contribution is 5.28. The number of pyridine rings is 1. The average molecular weight is 350 g/mol. The molecule has 1 aliphatic heterocycles. The third kappa shape index (κ3) is 3.91. The van der Waals surface area contributed by atoms with Crippen molar-refractivity contribution in [3.05, 3.63) is 71.6 Å². The molecule has 3 heterocycles. The van der Waals surface area contributed by atoms with E-state index in [1.807, 2.05) is 37.4 Å². The van der Waals surface area contributed by atoms with Gasteiger partial charge in [-0.15, -0.1) is 0 Å². The second kappa shape index (κ2) is 7.66. The Balaban J connectivity index is 1.30. The summed E-state index contributed by atoms with van der Waals surface area (Å²) in [5, 5.41) is 4.11. The Kier molecular flexibility index (Phi) is 4.93. The lowest BCUT2D eigenvalue weighted by atomic mass is 9.99. The van der Waals surface area contributed by atoms with E-state index in [0.717, 1.165) is 42.7 Å². The molecule has 0 saturated carbocycles. The normalized spacial score (nSPS) is 15.0.